The van der Waals surface area contributed by atoms with Crippen molar-refractivity contribution in [1.82, 2.24) is 5.32 Å². The molecule has 0 aromatic heterocycles. The van der Waals surface area contributed by atoms with Crippen LogP contribution >= 0.6 is 15.9 Å². The standard InChI is InChI=1S/C18H22BrNO/c1-12(2)21-16-9-6-14(7-10-16)18(20-4)17-11-15(19)8-5-13(17)3/h5-12,18,20H,1-4H3. The number of halogens is 1. The molecule has 2 rings (SSSR count). The summed E-state index contributed by atoms with van der Waals surface area (Å²) in [6.45, 7) is 6.21. The van der Waals surface area contributed by atoms with E-state index in [1.54, 1.807) is 0 Å². The summed E-state index contributed by atoms with van der Waals surface area (Å²) in [5, 5.41) is 3.40. The van der Waals surface area contributed by atoms with Gasteiger partial charge in [0.05, 0.1) is 12.1 Å². The molecule has 112 valence electrons. The zero-order chi connectivity index (χ0) is 15.4. The second kappa shape index (κ2) is 7.10. The molecule has 2 aromatic carbocycles. The summed E-state index contributed by atoms with van der Waals surface area (Å²) in [6, 6.07) is 14.9. The second-order valence-electron chi connectivity index (χ2n) is 5.46. The van der Waals surface area contributed by atoms with E-state index in [1.807, 2.05) is 33.0 Å². The summed E-state index contributed by atoms with van der Waals surface area (Å²) in [4.78, 5) is 0. The molecule has 1 atom stereocenters. The lowest BCUT2D eigenvalue weighted by molar-refractivity contribution is 0.242. The van der Waals surface area contributed by atoms with E-state index in [0.29, 0.717) is 0 Å². The minimum absolute atomic E-state index is 0.176. The normalized spacial score (nSPS) is 12.5. The minimum atomic E-state index is 0.176. The van der Waals surface area contributed by atoms with E-state index in [-0.39, 0.29) is 12.1 Å². The van der Waals surface area contributed by atoms with Crippen molar-refractivity contribution in [3.05, 3.63) is 63.6 Å². The van der Waals surface area contributed by atoms with E-state index in [0.717, 1.165) is 10.2 Å². The first-order valence-electron chi connectivity index (χ1n) is 7.21. The first-order chi connectivity index (χ1) is 10.0. The Bertz CT molecular complexity index is 593. The molecular weight excluding hydrogens is 326 g/mol. The number of nitrogens with one attached hydrogen (secondary N) is 1. The van der Waals surface area contributed by atoms with Crippen LogP contribution < -0.4 is 10.1 Å². The molecule has 2 nitrogen and oxygen atoms in total. The van der Waals surface area contributed by atoms with Crippen LogP contribution in [0.5, 0.6) is 5.75 Å². The fourth-order valence-electron chi connectivity index (χ4n) is 2.44. The van der Waals surface area contributed by atoms with Gasteiger partial charge in [-0.3, -0.25) is 0 Å². The summed E-state index contributed by atoms with van der Waals surface area (Å²) in [6.07, 6.45) is 0.197. The van der Waals surface area contributed by atoms with Gasteiger partial charge in [-0.15, -0.1) is 0 Å². The Morgan fingerprint density at radius 1 is 1.05 bits per heavy atom. The average Bonchev–Trinajstić information content (AvgIpc) is 2.44. The lowest BCUT2D eigenvalue weighted by Gasteiger charge is -2.20. The Labute approximate surface area is 135 Å². The first kappa shape index (κ1) is 16.1. The van der Waals surface area contributed by atoms with Crippen LogP contribution in [0.3, 0.4) is 0 Å². The number of hydrogen-bond donors (Lipinski definition) is 1. The Kier molecular flexibility index (Phi) is 5.43. The number of rotatable bonds is 5. The molecule has 0 spiro atoms. The molecule has 0 bridgehead atoms. The number of hydrogen-bond acceptors (Lipinski definition) is 2. The van der Waals surface area contributed by atoms with Gasteiger partial charge < -0.3 is 10.1 Å². The lowest BCUT2D eigenvalue weighted by atomic mass is 9.95. The highest BCUT2D eigenvalue weighted by Gasteiger charge is 2.14. The van der Waals surface area contributed by atoms with Crippen molar-refractivity contribution in [3.8, 4) is 5.75 Å². The predicted molar refractivity (Wildman–Crippen MR) is 92.0 cm³/mol. The van der Waals surface area contributed by atoms with Gasteiger partial charge in [-0.05, 0) is 68.8 Å². The molecule has 0 saturated heterocycles. The molecule has 21 heavy (non-hydrogen) atoms. The van der Waals surface area contributed by atoms with Crippen LogP contribution in [0.15, 0.2) is 46.9 Å². The van der Waals surface area contributed by atoms with Crippen LogP contribution in [-0.2, 0) is 0 Å². The average molecular weight is 348 g/mol. The van der Waals surface area contributed by atoms with Crippen LogP contribution in [0, 0.1) is 6.92 Å². The van der Waals surface area contributed by atoms with E-state index in [2.05, 4.69) is 58.5 Å². The molecule has 2 aromatic rings. The fourth-order valence-corrected chi connectivity index (χ4v) is 2.81. The second-order valence-corrected chi connectivity index (χ2v) is 6.37. The van der Waals surface area contributed by atoms with E-state index < -0.39 is 0 Å². The summed E-state index contributed by atoms with van der Waals surface area (Å²) in [5.41, 5.74) is 3.79. The van der Waals surface area contributed by atoms with Gasteiger partial charge >= 0.3 is 0 Å². The third kappa shape index (κ3) is 4.08. The smallest absolute Gasteiger partial charge is 0.119 e. The van der Waals surface area contributed by atoms with Gasteiger partial charge in [0.1, 0.15) is 5.75 Å². The Balaban J connectivity index is 2.31. The highest BCUT2D eigenvalue weighted by Crippen LogP contribution is 2.28. The van der Waals surface area contributed by atoms with Crippen LogP contribution in [0.4, 0.5) is 0 Å². The first-order valence-corrected chi connectivity index (χ1v) is 8.00. The highest BCUT2D eigenvalue weighted by molar-refractivity contribution is 9.10. The third-order valence-electron chi connectivity index (χ3n) is 3.43. The SMILES string of the molecule is CNC(c1ccc(OC(C)C)cc1)c1cc(Br)ccc1C. The molecular formula is C18H22BrNO. The quantitative estimate of drug-likeness (QED) is 0.834. The van der Waals surface area contributed by atoms with E-state index in [1.165, 1.54) is 16.7 Å². The van der Waals surface area contributed by atoms with Crippen molar-refractivity contribution in [2.45, 2.75) is 32.9 Å². The maximum Gasteiger partial charge on any atom is 0.119 e. The summed E-state index contributed by atoms with van der Waals surface area (Å²) in [7, 11) is 1.99. The van der Waals surface area contributed by atoms with Crippen LogP contribution in [0.1, 0.15) is 36.6 Å². The molecule has 3 heteroatoms. The zero-order valence-electron chi connectivity index (χ0n) is 13.0. The molecule has 0 aliphatic heterocycles. The summed E-state index contributed by atoms with van der Waals surface area (Å²) >= 11 is 3.56. The molecule has 1 N–H and O–H groups in total. The molecule has 0 aliphatic rings. The largest absolute Gasteiger partial charge is 0.491 e. The minimum Gasteiger partial charge on any atom is -0.491 e. The Morgan fingerprint density at radius 2 is 1.71 bits per heavy atom. The zero-order valence-corrected chi connectivity index (χ0v) is 14.6. The van der Waals surface area contributed by atoms with Gasteiger partial charge in [0.25, 0.3) is 0 Å². The van der Waals surface area contributed by atoms with Crippen molar-refractivity contribution >= 4 is 15.9 Å². The molecule has 0 radical (unpaired) electrons. The number of ether oxygens (including phenoxy) is 1. The Hall–Kier alpha value is -1.32. The molecule has 0 amide bonds. The van der Waals surface area contributed by atoms with Crippen molar-refractivity contribution < 1.29 is 4.74 Å². The fraction of sp³-hybridized carbons (Fsp3) is 0.333. The van der Waals surface area contributed by atoms with Gasteiger partial charge in [0, 0.05) is 4.47 Å². The van der Waals surface area contributed by atoms with Gasteiger partial charge in [-0.2, -0.15) is 0 Å². The predicted octanol–water partition coefficient (Wildman–Crippen LogP) is 4.85. The lowest BCUT2D eigenvalue weighted by Crippen LogP contribution is -2.18. The number of benzene rings is 2. The van der Waals surface area contributed by atoms with E-state index >= 15 is 0 Å². The van der Waals surface area contributed by atoms with Gasteiger partial charge in [-0.1, -0.05) is 34.1 Å². The van der Waals surface area contributed by atoms with E-state index in [9.17, 15) is 0 Å². The molecule has 0 fully saturated rings. The summed E-state index contributed by atoms with van der Waals surface area (Å²) in [5.74, 6) is 0.912. The molecule has 1 unspecified atom stereocenters. The van der Waals surface area contributed by atoms with Crippen LogP contribution in [-0.4, -0.2) is 13.2 Å². The van der Waals surface area contributed by atoms with Crippen molar-refractivity contribution in [2.75, 3.05) is 7.05 Å². The third-order valence-corrected chi connectivity index (χ3v) is 3.92. The van der Waals surface area contributed by atoms with Crippen molar-refractivity contribution in [3.63, 3.8) is 0 Å². The van der Waals surface area contributed by atoms with Crippen molar-refractivity contribution in [1.29, 1.82) is 0 Å². The summed E-state index contributed by atoms with van der Waals surface area (Å²) < 4.78 is 6.80. The van der Waals surface area contributed by atoms with Gasteiger partial charge in [-0.25, -0.2) is 0 Å². The molecule has 0 heterocycles. The maximum absolute atomic E-state index is 5.70. The Morgan fingerprint density at radius 3 is 2.29 bits per heavy atom. The van der Waals surface area contributed by atoms with Gasteiger partial charge in [0.15, 0.2) is 0 Å². The topological polar surface area (TPSA) is 21.3 Å². The maximum atomic E-state index is 5.70. The van der Waals surface area contributed by atoms with Crippen LogP contribution in [0.2, 0.25) is 0 Å². The van der Waals surface area contributed by atoms with Crippen molar-refractivity contribution in [2.24, 2.45) is 0 Å². The van der Waals surface area contributed by atoms with Gasteiger partial charge in [0.2, 0.25) is 0 Å². The monoisotopic (exact) mass is 347 g/mol. The van der Waals surface area contributed by atoms with Crippen LogP contribution in [0.25, 0.3) is 0 Å². The highest BCUT2D eigenvalue weighted by atomic mass is 79.9. The molecule has 0 aliphatic carbocycles. The number of aryl methyl sites for hydroxylation is 1. The van der Waals surface area contributed by atoms with E-state index in [4.69, 9.17) is 4.74 Å². The molecule has 0 saturated carbocycles.